The van der Waals surface area contributed by atoms with Gasteiger partial charge in [0.05, 0.1) is 22.7 Å². The highest BCUT2D eigenvalue weighted by Gasteiger charge is 2.06. The van der Waals surface area contributed by atoms with E-state index in [9.17, 15) is 0 Å². The molecule has 3 nitrogen and oxygen atoms in total. The first-order valence-electron chi connectivity index (χ1n) is 5.91. The molecule has 0 aliphatic heterocycles. The summed E-state index contributed by atoms with van der Waals surface area (Å²) >= 11 is 1.70. The molecule has 1 rings (SSSR count). The maximum Gasteiger partial charge on any atom is 0.0993 e. The summed E-state index contributed by atoms with van der Waals surface area (Å²) in [5.74, 6) is 0. The van der Waals surface area contributed by atoms with Gasteiger partial charge in [0.25, 0.3) is 0 Å². The average molecular weight is 251 g/mol. The molecular formula is C13H21N3S. The van der Waals surface area contributed by atoms with Crippen molar-refractivity contribution >= 4 is 23.8 Å². The summed E-state index contributed by atoms with van der Waals surface area (Å²) in [5.41, 5.74) is 3.24. The van der Waals surface area contributed by atoms with Crippen molar-refractivity contribution in [3.8, 4) is 0 Å². The van der Waals surface area contributed by atoms with Crippen LogP contribution in [-0.4, -0.2) is 36.1 Å². The Kier molecular flexibility index (Phi) is 5.48. The van der Waals surface area contributed by atoms with E-state index in [-0.39, 0.29) is 0 Å². The van der Waals surface area contributed by atoms with Gasteiger partial charge in [0.15, 0.2) is 0 Å². The fourth-order valence-corrected chi connectivity index (χ4v) is 2.11. The summed E-state index contributed by atoms with van der Waals surface area (Å²) in [4.78, 5) is 11.1. The van der Waals surface area contributed by atoms with E-state index in [1.807, 2.05) is 25.2 Å². The molecule has 0 amide bonds. The predicted molar refractivity (Wildman–Crippen MR) is 76.6 cm³/mol. The summed E-state index contributed by atoms with van der Waals surface area (Å²) in [6.07, 6.45) is 4.92. The molecular weight excluding hydrogens is 230 g/mol. The van der Waals surface area contributed by atoms with E-state index in [0.717, 1.165) is 29.4 Å². The van der Waals surface area contributed by atoms with Gasteiger partial charge in [-0.3, -0.25) is 0 Å². The highest BCUT2D eigenvalue weighted by Crippen LogP contribution is 2.26. The Morgan fingerprint density at radius 3 is 2.71 bits per heavy atom. The van der Waals surface area contributed by atoms with E-state index >= 15 is 0 Å². The Hall–Kier alpha value is -1.03. The van der Waals surface area contributed by atoms with E-state index in [1.165, 1.54) is 5.56 Å². The average Bonchev–Trinajstić information content (AvgIpc) is 2.36. The van der Waals surface area contributed by atoms with Gasteiger partial charge in [-0.1, -0.05) is 6.92 Å². The lowest BCUT2D eigenvalue weighted by Crippen LogP contribution is -2.14. The van der Waals surface area contributed by atoms with Gasteiger partial charge in [-0.25, -0.2) is 9.98 Å². The second-order valence-electron chi connectivity index (χ2n) is 3.93. The topological polar surface area (TPSA) is 28.5 Å². The van der Waals surface area contributed by atoms with Crippen LogP contribution in [0.2, 0.25) is 0 Å². The van der Waals surface area contributed by atoms with Crippen LogP contribution < -0.4 is 0 Å². The van der Waals surface area contributed by atoms with E-state index < -0.39 is 0 Å². The fourth-order valence-electron chi connectivity index (χ4n) is 1.42. The minimum absolute atomic E-state index is 0.958. The van der Waals surface area contributed by atoms with Gasteiger partial charge in [0, 0.05) is 13.6 Å². The Morgan fingerprint density at radius 2 is 2.18 bits per heavy atom. The molecule has 0 spiro atoms. The van der Waals surface area contributed by atoms with Crippen molar-refractivity contribution in [2.24, 2.45) is 4.99 Å². The molecule has 0 aliphatic carbocycles. The minimum atomic E-state index is 0.958. The number of hydrogen-bond acceptors (Lipinski definition) is 3. The largest absolute Gasteiger partial charge is 0.366 e. The van der Waals surface area contributed by atoms with Gasteiger partial charge in [-0.15, -0.1) is 11.8 Å². The van der Waals surface area contributed by atoms with Crippen molar-refractivity contribution in [1.82, 2.24) is 9.88 Å². The van der Waals surface area contributed by atoms with Crippen molar-refractivity contribution in [3.63, 3.8) is 0 Å². The number of aromatic nitrogens is 1. The van der Waals surface area contributed by atoms with Crippen molar-refractivity contribution in [1.29, 1.82) is 0 Å². The lowest BCUT2D eigenvalue weighted by Gasteiger charge is -2.11. The second-order valence-corrected chi connectivity index (χ2v) is 4.73. The first-order chi connectivity index (χ1) is 8.12. The van der Waals surface area contributed by atoms with Crippen molar-refractivity contribution in [2.45, 2.75) is 32.2 Å². The normalized spacial score (nSPS) is 11.1. The number of rotatable bonds is 5. The van der Waals surface area contributed by atoms with Crippen LogP contribution in [0, 0.1) is 6.92 Å². The molecule has 94 valence electrons. The quantitative estimate of drug-likeness (QED) is 0.457. The third-order valence-corrected chi connectivity index (χ3v) is 3.43. The van der Waals surface area contributed by atoms with Gasteiger partial charge in [0.2, 0.25) is 0 Å². The van der Waals surface area contributed by atoms with Crippen LogP contribution in [0.3, 0.4) is 0 Å². The lowest BCUT2D eigenvalue weighted by molar-refractivity contribution is 0.552. The summed E-state index contributed by atoms with van der Waals surface area (Å²) in [5, 5.41) is 1.12. The number of hydrogen-bond donors (Lipinski definition) is 0. The summed E-state index contributed by atoms with van der Waals surface area (Å²) in [6.45, 7) is 7.22. The van der Waals surface area contributed by atoms with Crippen LogP contribution in [0.15, 0.2) is 16.1 Å². The van der Waals surface area contributed by atoms with Crippen LogP contribution in [0.4, 0.5) is 5.69 Å². The highest BCUT2D eigenvalue weighted by molar-refractivity contribution is 7.98. The molecule has 1 aromatic rings. The first-order valence-corrected chi connectivity index (χ1v) is 7.13. The Bertz CT molecular complexity index is 402. The van der Waals surface area contributed by atoms with E-state index in [4.69, 9.17) is 0 Å². The van der Waals surface area contributed by atoms with Gasteiger partial charge >= 0.3 is 0 Å². The first kappa shape index (κ1) is 14.0. The zero-order valence-electron chi connectivity index (χ0n) is 11.3. The molecule has 0 unspecified atom stereocenters. The molecule has 17 heavy (non-hydrogen) atoms. The van der Waals surface area contributed by atoms with Gasteiger partial charge in [0.1, 0.15) is 0 Å². The lowest BCUT2D eigenvalue weighted by atomic mass is 10.2. The van der Waals surface area contributed by atoms with Crippen LogP contribution in [-0.2, 0) is 6.42 Å². The summed E-state index contributed by atoms with van der Waals surface area (Å²) < 4.78 is 0. The van der Waals surface area contributed by atoms with E-state index in [1.54, 1.807) is 11.8 Å². The van der Waals surface area contributed by atoms with Gasteiger partial charge in [-0.2, -0.15) is 0 Å². The minimum Gasteiger partial charge on any atom is -0.366 e. The number of pyridine rings is 1. The number of thioether (sulfide) groups is 1. The number of aliphatic imine (C=N–C) groups is 1. The highest BCUT2D eigenvalue weighted by atomic mass is 32.2. The smallest absolute Gasteiger partial charge is 0.0993 e. The molecule has 0 N–H and O–H groups in total. The van der Waals surface area contributed by atoms with E-state index in [2.05, 4.69) is 36.1 Å². The van der Waals surface area contributed by atoms with Crippen LogP contribution >= 0.6 is 11.8 Å². The van der Waals surface area contributed by atoms with Crippen molar-refractivity contribution in [3.05, 3.63) is 17.3 Å². The summed E-state index contributed by atoms with van der Waals surface area (Å²) in [7, 11) is 2.02. The SMILES string of the molecule is CCc1cc(N=CN(C)CC)c(C)nc1SC. The standard InChI is InChI=1S/C13H21N3S/c1-6-11-8-12(14-9-16(4)7-2)10(3)15-13(11)17-5/h8-9H,6-7H2,1-5H3. The molecule has 1 heterocycles. The Labute approximate surface area is 108 Å². The maximum atomic E-state index is 4.60. The third kappa shape index (κ3) is 3.73. The third-order valence-electron chi connectivity index (χ3n) is 2.69. The molecule has 0 radical (unpaired) electrons. The molecule has 0 bridgehead atoms. The molecule has 4 heteroatoms. The van der Waals surface area contributed by atoms with E-state index in [0.29, 0.717) is 0 Å². The molecule has 0 aliphatic rings. The molecule has 0 saturated carbocycles. The second kappa shape index (κ2) is 6.64. The molecule has 0 atom stereocenters. The van der Waals surface area contributed by atoms with Crippen LogP contribution in [0.25, 0.3) is 0 Å². The molecule has 1 aromatic heterocycles. The maximum absolute atomic E-state index is 4.60. The van der Waals surface area contributed by atoms with Crippen LogP contribution in [0.1, 0.15) is 25.1 Å². The fraction of sp³-hybridized carbons (Fsp3) is 0.538. The van der Waals surface area contributed by atoms with Gasteiger partial charge < -0.3 is 4.90 Å². The number of aryl methyl sites for hydroxylation is 2. The monoisotopic (exact) mass is 251 g/mol. The molecule has 0 saturated heterocycles. The Morgan fingerprint density at radius 1 is 1.47 bits per heavy atom. The predicted octanol–water partition coefficient (Wildman–Crippen LogP) is 3.29. The summed E-state index contributed by atoms with van der Waals surface area (Å²) in [6, 6.07) is 2.15. The van der Waals surface area contributed by atoms with Gasteiger partial charge in [-0.05, 0) is 38.2 Å². The molecule has 0 aromatic carbocycles. The Balaban J connectivity index is 3.04. The zero-order valence-corrected chi connectivity index (χ0v) is 12.1. The zero-order chi connectivity index (χ0) is 12.8. The molecule has 0 fully saturated rings. The van der Waals surface area contributed by atoms with Crippen molar-refractivity contribution < 1.29 is 0 Å². The van der Waals surface area contributed by atoms with Crippen LogP contribution in [0.5, 0.6) is 0 Å². The van der Waals surface area contributed by atoms with Crippen molar-refractivity contribution in [2.75, 3.05) is 19.8 Å². The number of nitrogens with zero attached hydrogens (tertiary/aromatic N) is 3.